The van der Waals surface area contributed by atoms with E-state index in [1.807, 2.05) is 0 Å². The van der Waals surface area contributed by atoms with Crippen LogP contribution < -0.4 is 0 Å². The smallest absolute Gasteiger partial charge is 0.00129 e. The summed E-state index contributed by atoms with van der Waals surface area (Å²) in [6.07, 6.45) is 6.54. The lowest BCUT2D eigenvalue weighted by Crippen LogP contribution is -2.14. The quantitative estimate of drug-likeness (QED) is 0.498. The normalized spacial score (nSPS) is 37.3. The first-order valence-corrected chi connectivity index (χ1v) is 5.10. The molecular formula is C11H19N. The van der Waals surface area contributed by atoms with Crippen molar-refractivity contribution in [3.8, 4) is 0 Å². The summed E-state index contributed by atoms with van der Waals surface area (Å²) in [6.45, 7) is 4.96. The molecule has 0 N–H and O–H groups in total. The average molecular weight is 165 g/mol. The number of nitrogens with zero attached hydrogens (tertiary/aromatic N) is 1. The van der Waals surface area contributed by atoms with E-state index in [0.717, 1.165) is 11.8 Å². The van der Waals surface area contributed by atoms with Crippen molar-refractivity contribution in [2.24, 2.45) is 11.8 Å². The Balaban J connectivity index is 2.05. The highest BCUT2D eigenvalue weighted by Crippen LogP contribution is 2.33. The van der Waals surface area contributed by atoms with Gasteiger partial charge in [-0.2, -0.15) is 0 Å². The number of fused-ring (bicyclic) bond motifs is 1. The molecule has 12 heavy (non-hydrogen) atoms. The van der Waals surface area contributed by atoms with E-state index in [2.05, 4.69) is 24.9 Å². The first kappa shape index (κ1) is 8.31. The summed E-state index contributed by atoms with van der Waals surface area (Å²) in [5.74, 6) is 1.96. The third kappa shape index (κ3) is 1.56. The van der Waals surface area contributed by atoms with Gasteiger partial charge in [0.25, 0.3) is 0 Å². The van der Waals surface area contributed by atoms with E-state index in [1.165, 1.54) is 32.4 Å². The van der Waals surface area contributed by atoms with Gasteiger partial charge < -0.3 is 4.90 Å². The highest BCUT2D eigenvalue weighted by molar-refractivity contribution is 5.05. The minimum Gasteiger partial charge on any atom is -0.306 e. The molecule has 68 valence electrons. The molecule has 0 amide bonds. The molecule has 1 aliphatic carbocycles. The Kier molecular flexibility index (Phi) is 2.22. The molecular weight excluding hydrogens is 146 g/mol. The summed E-state index contributed by atoms with van der Waals surface area (Å²) in [5.41, 5.74) is 1.62. The van der Waals surface area contributed by atoms with Crippen LogP contribution in [0.25, 0.3) is 0 Å². The van der Waals surface area contributed by atoms with E-state index >= 15 is 0 Å². The van der Waals surface area contributed by atoms with Gasteiger partial charge in [-0.25, -0.2) is 0 Å². The molecule has 0 radical (unpaired) electrons. The van der Waals surface area contributed by atoms with Crippen LogP contribution in [0.1, 0.15) is 26.2 Å². The van der Waals surface area contributed by atoms with Gasteiger partial charge in [0.15, 0.2) is 0 Å². The Hall–Kier alpha value is -0.300. The van der Waals surface area contributed by atoms with E-state index in [-0.39, 0.29) is 0 Å². The number of hydrogen-bond acceptors (Lipinski definition) is 1. The Bertz CT molecular complexity index is 195. The summed E-state index contributed by atoms with van der Waals surface area (Å²) < 4.78 is 0. The molecule has 0 aromatic carbocycles. The molecule has 2 aliphatic rings. The van der Waals surface area contributed by atoms with Crippen LogP contribution in [0.5, 0.6) is 0 Å². The molecule has 0 spiro atoms. The zero-order valence-corrected chi connectivity index (χ0v) is 8.21. The summed E-state index contributed by atoms with van der Waals surface area (Å²) in [7, 11) is 2.26. The minimum absolute atomic E-state index is 0.966. The minimum atomic E-state index is 0.966. The summed E-state index contributed by atoms with van der Waals surface area (Å²) in [5, 5.41) is 0. The second kappa shape index (κ2) is 3.21. The van der Waals surface area contributed by atoms with Gasteiger partial charge in [-0.1, -0.05) is 11.6 Å². The van der Waals surface area contributed by atoms with Crippen molar-refractivity contribution in [1.29, 1.82) is 0 Å². The van der Waals surface area contributed by atoms with Crippen LogP contribution in [-0.4, -0.2) is 25.0 Å². The Morgan fingerprint density at radius 2 is 2.08 bits per heavy atom. The first-order chi connectivity index (χ1) is 5.75. The van der Waals surface area contributed by atoms with Gasteiger partial charge in [-0.05, 0) is 45.1 Å². The summed E-state index contributed by atoms with van der Waals surface area (Å²) in [6, 6.07) is 0. The predicted molar refractivity (Wildman–Crippen MR) is 52.1 cm³/mol. The highest BCUT2D eigenvalue weighted by atomic mass is 15.1. The zero-order valence-electron chi connectivity index (χ0n) is 8.21. The Morgan fingerprint density at radius 1 is 1.33 bits per heavy atom. The average Bonchev–Trinajstić information content (AvgIpc) is 2.23. The molecule has 0 aromatic rings. The second-order valence-corrected chi connectivity index (χ2v) is 4.57. The van der Waals surface area contributed by atoms with Crippen molar-refractivity contribution >= 4 is 0 Å². The van der Waals surface area contributed by atoms with Crippen LogP contribution >= 0.6 is 0 Å². The molecule has 1 nitrogen and oxygen atoms in total. The standard InChI is InChI=1S/C11H19N/c1-9-4-3-5-10-7-12(2)8-11(10)6-9/h4,10-11H,3,5-8H2,1-2H3. The van der Waals surface area contributed by atoms with Crippen molar-refractivity contribution in [3.63, 3.8) is 0 Å². The van der Waals surface area contributed by atoms with Crippen LogP contribution in [0.4, 0.5) is 0 Å². The van der Waals surface area contributed by atoms with E-state index in [4.69, 9.17) is 0 Å². The molecule has 2 unspecified atom stereocenters. The lowest BCUT2D eigenvalue weighted by Gasteiger charge is -2.14. The van der Waals surface area contributed by atoms with Gasteiger partial charge in [-0.3, -0.25) is 0 Å². The maximum atomic E-state index is 2.49. The molecule has 0 bridgehead atoms. The number of rotatable bonds is 0. The third-order valence-corrected chi connectivity index (χ3v) is 3.37. The van der Waals surface area contributed by atoms with Crippen molar-refractivity contribution in [3.05, 3.63) is 11.6 Å². The van der Waals surface area contributed by atoms with Gasteiger partial charge in [0, 0.05) is 13.1 Å². The number of likely N-dealkylation sites (tertiary alicyclic amines) is 1. The Labute approximate surface area is 75.4 Å². The maximum absolute atomic E-state index is 2.49. The van der Waals surface area contributed by atoms with Crippen molar-refractivity contribution < 1.29 is 0 Å². The fourth-order valence-corrected chi connectivity index (χ4v) is 2.77. The van der Waals surface area contributed by atoms with Gasteiger partial charge in [-0.15, -0.1) is 0 Å². The summed E-state index contributed by atoms with van der Waals surface area (Å²) in [4.78, 5) is 2.49. The van der Waals surface area contributed by atoms with E-state index < -0.39 is 0 Å². The SMILES string of the molecule is CC1=CCCC2CN(C)CC2C1. The van der Waals surface area contributed by atoms with Gasteiger partial charge in [0.2, 0.25) is 0 Å². The summed E-state index contributed by atoms with van der Waals surface area (Å²) >= 11 is 0. The van der Waals surface area contributed by atoms with Crippen LogP contribution in [0, 0.1) is 11.8 Å². The van der Waals surface area contributed by atoms with Crippen LogP contribution in [0.3, 0.4) is 0 Å². The topological polar surface area (TPSA) is 3.24 Å². The zero-order chi connectivity index (χ0) is 8.55. The van der Waals surface area contributed by atoms with Gasteiger partial charge in [0.1, 0.15) is 0 Å². The van der Waals surface area contributed by atoms with Crippen molar-refractivity contribution in [1.82, 2.24) is 4.90 Å². The van der Waals surface area contributed by atoms with Crippen LogP contribution in [0.15, 0.2) is 11.6 Å². The Morgan fingerprint density at radius 3 is 2.92 bits per heavy atom. The third-order valence-electron chi connectivity index (χ3n) is 3.37. The van der Waals surface area contributed by atoms with E-state index in [0.29, 0.717) is 0 Å². The van der Waals surface area contributed by atoms with Gasteiger partial charge >= 0.3 is 0 Å². The second-order valence-electron chi connectivity index (χ2n) is 4.57. The lowest BCUT2D eigenvalue weighted by atomic mass is 9.90. The highest BCUT2D eigenvalue weighted by Gasteiger charge is 2.31. The fraction of sp³-hybridized carbons (Fsp3) is 0.818. The molecule has 0 aromatic heterocycles. The molecule has 1 heteroatoms. The van der Waals surface area contributed by atoms with Crippen LogP contribution in [-0.2, 0) is 0 Å². The van der Waals surface area contributed by atoms with E-state index in [1.54, 1.807) is 5.57 Å². The molecule has 2 atom stereocenters. The molecule has 1 aliphatic heterocycles. The van der Waals surface area contributed by atoms with Crippen molar-refractivity contribution in [2.45, 2.75) is 26.2 Å². The number of allylic oxidation sites excluding steroid dienone is 2. The molecule has 0 saturated carbocycles. The van der Waals surface area contributed by atoms with Gasteiger partial charge in [0.05, 0.1) is 0 Å². The lowest BCUT2D eigenvalue weighted by molar-refractivity contribution is 0.389. The first-order valence-electron chi connectivity index (χ1n) is 5.10. The molecule has 1 fully saturated rings. The maximum Gasteiger partial charge on any atom is 0.00129 e. The number of hydrogen-bond donors (Lipinski definition) is 0. The van der Waals surface area contributed by atoms with Crippen LogP contribution in [0.2, 0.25) is 0 Å². The molecule has 2 rings (SSSR count). The molecule has 1 saturated heterocycles. The largest absolute Gasteiger partial charge is 0.306 e. The van der Waals surface area contributed by atoms with Crippen molar-refractivity contribution in [2.75, 3.05) is 20.1 Å². The molecule has 1 heterocycles. The monoisotopic (exact) mass is 165 g/mol. The van der Waals surface area contributed by atoms with E-state index in [9.17, 15) is 0 Å². The predicted octanol–water partition coefficient (Wildman–Crippen LogP) is 2.29. The fourth-order valence-electron chi connectivity index (χ4n) is 2.77.